The molecular formula is C28H28N6O2. The summed E-state index contributed by atoms with van der Waals surface area (Å²) in [5.74, 6) is 1.24. The molecule has 0 aliphatic heterocycles. The van der Waals surface area contributed by atoms with E-state index in [0.717, 1.165) is 23.4 Å². The standard InChI is InChI=1S/C28H28N6O2/c1-3-6-23(35)14-16-34(26-7-4-5-15-30-26)28(36)21-10-13-25-24(17-21)32-27(33(25)2)19-31-22-11-8-20(18-29)9-12-22/h4-5,7-13,15,17,31H,3,6,14,16,19H2,1-2H3. The highest BCUT2D eigenvalue weighted by atomic mass is 16.2. The fourth-order valence-electron chi connectivity index (χ4n) is 4.01. The molecule has 4 aromatic rings. The van der Waals surface area contributed by atoms with Crippen molar-refractivity contribution in [1.29, 1.82) is 5.26 Å². The van der Waals surface area contributed by atoms with E-state index >= 15 is 0 Å². The molecule has 2 aromatic heterocycles. The van der Waals surface area contributed by atoms with Crippen LogP contribution in [0, 0.1) is 11.3 Å². The van der Waals surface area contributed by atoms with E-state index in [1.54, 1.807) is 47.5 Å². The van der Waals surface area contributed by atoms with Crippen LogP contribution in [0.15, 0.2) is 66.9 Å². The average Bonchev–Trinajstić information content (AvgIpc) is 3.23. The van der Waals surface area contributed by atoms with Gasteiger partial charge >= 0.3 is 0 Å². The Morgan fingerprint density at radius 2 is 1.89 bits per heavy atom. The summed E-state index contributed by atoms with van der Waals surface area (Å²) in [6.45, 7) is 2.73. The third-order valence-corrected chi connectivity index (χ3v) is 6.00. The summed E-state index contributed by atoms with van der Waals surface area (Å²) in [6, 6.07) is 20.2. The Morgan fingerprint density at radius 3 is 2.58 bits per heavy atom. The van der Waals surface area contributed by atoms with Crippen molar-refractivity contribution in [1.82, 2.24) is 14.5 Å². The van der Waals surface area contributed by atoms with Gasteiger partial charge in [-0.05, 0) is 61.0 Å². The average molecular weight is 481 g/mol. The Labute approximate surface area is 210 Å². The molecule has 8 heteroatoms. The molecule has 0 radical (unpaired) electrons. The van der Waals surface area contributed by atoms with E-state index in [4.69, 9.17) is 10.2 Å². The Morgan fingerprint density at radius 1 is 1.08 bits per heavy atom. The summed E-state index contributed by atoms with van der Waals surface area (Å²) >= 11 is 0. The first kappa shape index (κ1) is 24.6. The zero-order chi connectivity index (χ0) is 25.5. The van der Waals surface area contributed by atoms with Crippen molar-refractivity contribution in [2.75, 3.05) is 16.8 Å². The Kier molecular flexibility index (Phi) is 7.71. The van der Waals surface area contributed by atoms with Gasteiger partial charge in [-0.25, -0.2) is 9.97 Å². The summed E-state index contributed by atoms with van der Waals surface area (Å²) < 4.78 is 1.99. The number of ketones is 1. The molecule has 2 heterocycles. The molecule has 1 amide bonds. The smallest absolute Gasteiger partial charge is 0.259 e. The van der Waals surface area contributed by atoms with Crippen LogP contribution in [-0.4, -0.2) is 32.8 Å². The van der Waals surface area contributed by atoms with E-state index in [-0.39, 0.29) is 24.7 Å². The van der Waals surface area contributed by atoms with Gasteiger partial charge in [0.2, 0.25) is 0 Å². The van der Waals surface area contributed by atoms with Crippen LogP contribution in [0.1, 0.15) is 47.9 Å². The highest BCUT2D eigenvalue weighted by molar-refractivity contribution is 6.07. The number of carbonyl (C=O) groups excluding carboxylic acids is 2. The van der Waals surface area contributed by atoms with Crippen LogP contribution in [0.5, 0.6) is 0 Å². The lowest BCUT2D eigenvalue weighted by atomic mass is 10.1. The summed E-state index contributed by atoms with van der Waals surface area (Å²) in [5, 5.41) is 12.3. The molecule has 0 unspecified atom stereocenters. The van der Waals surface area contributed by atoms with Crippen molar-refractivity contribution in [2.24, 2.45) is 7.05 Å². The molecule has 0 fully saturated rings. The lowest BCUT2D eigenvalue weighted by Crippen LogP contribution is -2.33. The Hall–Kier alpha value is -4.51. The van der Waals surface area contributed by atoms with Gasteiger partial charge in [-0.3, -0.25) is 14.5 Å². The molecule has 0 atom stereocenters. The number of fused-ring (bicyclic) bond motifs is 1. The molecular weight excluding hydrogens is 452 g/mol. The predicted molar refractivity (Wildman–Crippen MR) is 140 cm³/mol. The second-order valence-corrected chi connectivity index (χ2v) is 8.52. The number of nitriles is 1. The van der Waals surface area contributed by atoms with E-state index in [1.165, 1.54) is 0 Å². The molecule has 0 bridgehead atoms. The lowest BCUT2D eigenvalue weighted by molar-refractivity contribution is -0.118. The van der Waals surface area contributed by atoms with Crippen molar-refractivity contribution in [3.05, 3.63) is 83.8 Å². The number of rotatable bonds is 10. The number of carbonyl (C=O) groups is 2. The van der Waals surface area contributed by atoms with Crippen LogP contribution in [-0.2, 0) is 18.4 Å². The Bertz CT molecular complexity index is 1400. The topological polar surface area (TPSA) is 104 Å². The van der Waals surface area contributed by atoms with Crippen LogP contribution in [0.3, 0.4) is 0 Å². The number of nitrogens with one attached hydrogen (secondary N) is 1. The van der Waals surface area contributed by atoms with Gasteiger partial charge in [-0.15, -0.1) is 0 Å². The normalized spacial score (nSPS) is 10.7. The molecule has 36 heavy (non-hydrogen) atoms. The van der Waals surface area contributed by atoms with Crippen molar-refractivity contribution in [3.8, 4) is 6.07 Å². The first-order valence-corrected chi connectivity index (χ1v) is 11.9. The first-order valence-electron chi connectivity index (χ1n) is 11.9. The van der Waals surface area contributed by atoms with Crippen LogP contribution in [0.25, 0.3) is 11.0 Å². The molecule has 0 aliphatic carbocycles. The fraction of sp³-hybridized carbons (Fsp3) is 0.250. The largest absolute Gasteiger partial charge is 0.378 e. The molecule has 8 nitrogen and oxygen atoms in total. The zero-order valence-electron chi connectivity index (χ0n) is 20.4. The van der Waals surface area contributed by atoms with Crippen LogP contribution < -0.4 is 10.2 Å². The summed E-state index contributed by atoms with van der Waals surface area (Å²) in [4.78, 5) is 36.3. The van der Waals surface area contributed by atoms with Crippen molar-refractivity contribution < 1.29 is 9.59 Å². The molecule has 0 saturated heterocycles. The fourth-order valence-corrected chi connectivity index (χ4v) is 4.01. The van der Waals surface area contributed by atoms with Gasteiger partial charge in [0.1, 0.15) is 17.4 Å². The summed E-state index contributed by atoms with van der Waals surface area (Å²) in [5.41, 5.74) is 3.60. The monoisotopic (exact) mass is 480 g/mol. The number of hydrogen-bond donors (Lipinski definition) is 1. The molecule has 182 valence electrons. The molecule has 4 rings (SSSR count). The number of anilines is 2. The summed E-state index contributed by atoms with van der Waals surface area (Å²) in [7, 11) is 1.94. The van der Waals surface area contributed by atoms with Crippen LogP contribution in [0.2, 0.25) is 0 Å². The second-order valence-electron chi connectivity index (χ2n) is 8.52. The number of Topliss-reactive ketones (excluding diaryl/α,β-unsaturated/α-hetero) is 1. The lowest BCUT2D eigenvalue weighted by Gasteiger charge is -2.21. The molecule has 1 N–H and O–H groups in total. The minimum Gasteiger partial charge on any atom is -0.378 e. The molecule has 0 spiro atoms. The van der Waals surface area contributed by atoms with Gasteiger partial charge in [0, 0.05) is 43.9 Å². The maximum Gasteiger partial charge on any atom is 0.259 e. The molecule has 0 saturated carbocycles. The van der Waals surface area contributed by atoms with Crippen LogP contribution >= 0.6 is 0 Å². The van der Waals surface area contributed by atoms with Gasteiger partial charge in [0.05, 0.1) is 29.2 Å². The van der Waals surface area contributed by atoms with E-state index < -0.39 is 0 Å². The highest BCUT2D eigenvalue weighted by Gasteiger charge is 2.21. The van der Waals surface area contributed by atoms with Gasteiger partial charge in [0.25, 0.3) is 5.91 Å². The number of hydrogen-bond acceptors (Lipinski definition) is 6. The number of aromatic nitrogens is 3. The second kappa shape index (κ2) is 11.3. The predicted octanol–water partition coefficient (Wildman–Crippen LogP) is 4.86. The van der Waals surface area contributed by atoms with E-state index in [9.17, 15) is 9.59 Å². The third kappa shape index (κ3) is 5.58. The van der Waals surface area contributed by atoms with Gasteiger partial charge < -0.3 is 9.88 Å². The number of benzene rings is 2. The maximum atomic E-state index is 13.5. The first-order chi connectivity index (χ1) is 17.5. The number of nitrogens with zero attached hydrogens (tertiary/aromatic N) is 5. The van der Waals surface area contributed by atoms with E-state index in [0.29, 0.717) is 35.4 Å². The highest BCUT2D eigenvalue weighted by Crippen LogP contribution is 2.21. The van der Waals surface area contributed by atoms with Gasteiger partial charge in [-0.2, -0.15) is 5.26 Å². The zero-order valence-corrected chi connectivity index (χ0v) is 20.4. The number of aryl methyl sites for hydroxylation is 1. The van der Waals surface area contributed by atoms with Crippen LogP contribution in [0.4, 0.5) is 11.5 Å². The van der Waals surface area contributed by atoms with E-state index in [1.807, 2.05) is 42.8 Å². The van der Waals surface area contributed by atoms with Crippen molar-refractivity contribution >= 4 is 34.2 Å². The maximum absolute atomic E-state index is 13.5. The quantitative estimate of drug-likeness (QED) is 0.348. The SMILES string of the molecule is CCCC(=O)CCN(C(=O)c1ccc2c(c1)nc(CNc1ccc(C#N)cc1)n2C)c1ccccn1. The number of imidazole rings is 1. The minimum absolute atomic E-state index is 0.130. The summed E-state index contributed by atoms with van der Waals surface area (Å²) in [6.07, 6.45) is 3.21. The number of amides is 1. The number of pyridine rings is 1. The van der Waals surface area contributed by atoms with Gasteiger partial charge in [0.15, 0.2) is 0 Å². The van der Waals surface area contributed by atoms with Crippen molar-refractivity contribution in [2.45, 2.75) is 32.7 Å². The molecule has 2 aromatic carbocycles. The van der Waals surface area contributed by atoms with Crippen molar-refractivity contribution in [3.63, 3.8) is 0 Å². The van der Waals surface area contributed by atoms with Gasteiger partial charge in [-0.1, -0.05) is 13.0 Å². The van der Waals surface area contributed by atoms with E-state index in [2.05, 4.69) is 16.4 Å². The minimum atomic E-state index is -0.220. The Balaban J connectivity index is 1.55. The molecule has 0 aliphatic rings. The third-order valence-electron chi connectivity index (χ3n) is 6.00.